The normalized spacial score (nSPS) is 18.8. The zero-order valence-corrected chi connectivity index (χ0v) is 18.5. The number of halogens is 1. The van der Waals surface area contributed by atoms with Crippen LogP contribution in [0.25, 0.3) is 22.4 Å². The predicted octanol–water partition coefficient (Wildman–Crippen LogP) is 5.84. The minimum absolute atomic E-state index is 0.0472. The summed E-state index contributed by atoms with van der Waals surface area (Å²) in [5.41, 5.74) is 2.66. The summed E-state index contributed by atoms with van der Waals surface area (Å²) in [5.74, 6) is -1.15. The number of H-pyrrole nitrogens is 1. The van der Waals surface area contributed by atoms with Crippen molar-refractivity contribution in [3.05, 3.63) is 101 Å². The highest BCUT2D eigenvalue weighted by atomic mass is 19.1. The molecule has 0 spiro atoms. The number of benzene rings is 3. The summed E-state index contributed by atoms with van der Waals surface area (Å²) in [4.78, 5) is 21.1. The van der Waals surface area contributed by atoms with Gasteiger partial charge < -0.3 is 19.6 Å². The van der Waals surface area contributed by atoms with Gasteiger partial charge in [0, 0.05) is 11.1 Å². The van der Waals surface area contributed by atoms with E-state index in [4.69, 9.17) is 9.47 Å². The molecule has 7 heteroatoms. The molecule has 172 valence electrons. The molecule has 0 amide bonds. The molecular weight excluding hydrogens is 435 g/mol. The lowest BCUT2D eigenvalue weighted by molar-refractivity contribution is -0.0592. The van der Waals surface area contributed by atoms with Crippen LogP contribution in [0.5, 0.6) is 0 Å². The van der Waals surface area contributed by atoms with Crippen molar-refractivity contribution in [3.8, 4) is 0 Å². The third kappa shape index (κ3) is 4.23. The van der Waals surface area contributed by atoms with E-state index in [2.05, 4.69) is 9.97 Å². The predicted molar refractivity (Wildman–Crippen MR) is 127 cm³/mol. The van der Waals surface area contributed by atoms with Gasteiger partial charge in [0.2, 0.25) is 5.78 Å². The standard InChI is InChI=1S/C27H23FN2O4/c1-2-23-33-15-22(34-23)16-7-5-8-17(13-16)25(31)24(26(32)18-9-6-10-19(28)14-18)27-29-20-11-3-4-12-21(20)30-27/h3-14,22-23,31H,2,15H2,1H3,(H,29,30)/b25-24-. The number of aliphatic hydroxyl groups excluding tert-OH is 1. The Morgan fingerprint density at radius 3 is 2.65 bits per heavy atom. The summed E-state index contributed by atoms with van der Waals surface area (Å²) in [6.45, 7) is 2.39. The van der Waals surface area contributed by atoms with Crippen LogP contribution in [0.1, 0.15) is 46.8 Å². The molecule has 0 saturated carbocycles. The third-order valence-corrected chi connectivity index (χ3v) is 5.79. The SMILES string of the molecule is CCC1OCC(c2cccc(/C(O)=C(\C(=O)c3cccc(F)c3)c3nc4ccccc4[nH]3)c2)O1. The lowest BCUT2D eigenvalue weighted by Crippen LogP contribution is -2.09. The number of aliphatic hydroxyl groups is 1. The molecule has 5 rings (SSSR count). The van der Waals surface area contributed by atoms with E-state index in [1.165, 1.54) is 18.2 Å². The number of hydrogen-bond donors (Lipinski definition) is 2. The number of imidazole rings is 1. The second-order valence-corrected chi connectivity index (χ2v) is 8.09. The van der Waals surface area contributed by atoms with Crippen molar-refractivity contribution >= 4 is 28.1 Å². The van der Waals surface area contributed by atoms with Crippen molar-refractivity contribution < 1.29 is 23.8 Å². The molecule has 3 aromatic carbocycles. The Balaban J connectivity index is 1.62. The average Bonchev–Trinajstić information content (AvgIpc) is 3.51. The van der Waals surface area contributed by atoms with Crippen molar-refractivity contribution in [1.82, 2.24) is 9.97 Å². The Hall–Kier alpha value is -3.81. The van der Waals surface area contributed by atoms with Crippen LogP contribution in [0.15, 0.2) is 72.8 Å². The maximum absolute atomic E-state index is 13.9. The van der Waals surface area contributed by atoms with Crippen LogP contribution in [0.4, 0.5) is 4.39 Å². The highest BCUT2D eigenvalue weighted by Crippen LogP contribution is 2.32. The lowest BCUT2D eigenvalue weighted by atomic mass is 9.97. The van der Waals surface area contributed by atoms with Crippen molar-refractivity contribution in [3.63, 3.8) is 0 Å². The summed E-state index contributed by atoms with van der Waals surface area (Å²) in [7, 11) is 0. The molecule has 4 aromatic rings. The Labute approximate surface area is 195 Å². The number of ether oxygens (including phenoxy) is 2. The summed E-state index contributed by atoms with van der Waals surface area (Å²) >= 11 is 0. The fourth-order valence-corrected chi connectivity index (χ4v) is 4.05. The summed E-state index contributed by atoms with van der Waals surface area (Å²) in [5, 5.41) is 11.4. The van der Waals surface area contributed by atoms with Crippen LogP contribution >= 0.6 is 0 Å². The first-order valence-electron chi connectivity index (χ1n) is 11.1. The first-order valence-corrected chi connectivity index (χ1v) is 11.1. The molecule has 1 aromatic heterocycles. The first kappa shape index (κ1) is 22.0. The fraction of sp³-hybridized carbons (Fsp3) is 0.185. The molecule has 2 N–H and O–H groups in total. The first-order chi connectivity index (χ1) is 16.5. The number of rotatable bonds is 6. The van der Waals surface area contributed by atoms with Crippen molar-refractivity contribution in [2.75, 3.05) is 6.61 Å². The maximum Gasteiger partial charge on any atom is 0.200 e. The second-order valence-electron chi connectivity index (χ2n) is 8.09. The number of nitrogens with one attached hydrogen (secondary N) is 1. The number of para-hydroxylation sites is 2. The lowest BCUT2D eigenvalue weighted by Gasteiger charge is -2.13. The smallest absolute Gasteiger partial charge is 0.200 e. The van der Waals surface area contributed by atoms with Crippen LogP contribution in [0, 0.1) is 5.82 Å². The number of allylic oxidation sites excluding steroid dienone is 1. The number of ketones is 1. The minimum atomic E-state index is -0.548. The Kier molecular flexibility index (Phi) is 5.96. The highest BCUT2D eigenvalue weighted by Gasteiger charge is 2.28. The topological polar surface area (TPSA) is 84.4 Å². The number of nitrogens with zero attached hydrogens (tertiary/aromatic N) is 1. The van der Waals surface area contributed by atoms with E-state index in [1.54, 1.807) is 24.3 Å². The van der Waals surface area contributed by atoms with Crippen molar-refractivity contribution in [1.29, 1.82) is 0 Å². The molecule has 1 saturated heterocycles. The number of fused-ring (bicyclic) bond motifs is 1. The molecule has 0 radical (unpaired) electrons. The zero-order chi connectivity index (χ0) is 23.7. The number of hydrogen-bond acceptors (Lipinski definition) is 5. The summed E-state index contributed by atoms with van der Waals surface area (Å²) in [6, 6.07) is 19.8. The van der Waals surface area contributed by atoms with Gasteiger partial charge in [0.25, 0.3) is 0 Å². The van der Waals surface area contributed by atoms with Gasteiger partial charge in [-0.25, -0.2) is 9.37 Å². The van der Waals surface area contributed by atoms with Crippen molar-refractivity contribution in [2.45, 2.75) is 25.7 Å². The number of aromatic nitrogens is 2. The van der Waals surface area contributed by atoms with Gasteiger partial charge in [-0.3, -0.25) is 4.79 Å². The number of Topliss-reactive ketones (excluding diaryl/α,β-unsaturated/α-hetero) is 1. The van der Waals surface area contributed by atoms with Gasteiger partial charge in [0.15, 0.2) is 6.29 Å². The largest absolute Gasteiger partial charge is 0.506 e. The van der Waals surface area contributed by atoms with Gasteiger partial charge >= 0.3 is 0 Å². The van der Waals surface area contributed by atoms with E-state index in [1.807, 2.05) is 31.2 Å². The van der Waals surface area contributed by atoms with Gasteiger partial charge in [0.1, 0.15) is 29.1 Å². The Morgan fingerprint density at radius 2 is 1.88 bits per heavy atom. The van der Waals surface area contributed by atoms with Gasteiger partial charge in [-0.2, -0.15) is 0 Å². The second kappa shape index (κ2) is 9.21. The monoisotopic (exact) mass is 458 g/mol. The minimum Gasteiger partial charge on any atom is -0.506 e. The Bertz CT molecular complexity index is 1360. The molecule has 0 bridgehead atoms. The molecule has 1 aliphatic heterocycles. The van der Waals surface area contributed by atoms with Crippen LogP contribution in [0.3, 0.4) is 0 Å². The van der Waals surface area contributed by atoms with Crippen LogP contribution in [-0.2, 0) is 9.47 Å². The fourth-order valence-electron chi connectivity index (χ4n) is 4.05. The van der Waals surface area contributed by atoms with Crippen molar-refractivity contribution in [2.24, 2.45) is 0 Å². The number of aromatic amines is 1. The quantitative estimate of drug-likeness (QED) is 0.216. The molecule has 2 heterocycles. The van der Waals surface area contributed by atoms with Gasteiger partial charge in [-0.15, -0.1) is 0 Å². The van der Waals surface area contributed by atoms with Gasteiger partial charge in [-0.1, -0.05) is 49.4 Å². The molecule has 1 fully saturated rings. The van der Waals surface area contributed by atoms with E-state index in [0.717, 1.165) is 18.1 Å². The zero-order valence-electron chi connectivity index (χ0n) is 18.5. The maximum atomic E-state index is 13.9. The molecular formula is C27H23FN2O4. The van der Waals surface area contributed by atoms with Crippen LogP contribution < -0.4 is 0 Å². The molecule has 0 aliphatic carbocycles. The molecule has 34 heavy (non-hydrogen) atoms. The molecule has 2 atom stereocenters. The Morgan fingerprint density at radius 1 is 1.09 bits per heavy atom. The van der Waals surface area contributed by atoms with Crippen LogP contribution in [-0.4, -0.2) is 33.8 Å². The molecule has 1 aliphatic rings. The van der Waals surface area contributed by atoms with E-state index >= 15 is 0 Å². The van der Waals surface area contributed by atoms with E-state index in [0.29, 0.717) is 23.2 Å². The molecule has 6 nitrogen and oxygen atoms in total. The van der Waals surface area contributed by atoms with Gasteiger partial charge in [0.05, 0.1) is 17.6 Å². The summed E-state index contributed by atoms with van der Waals surface area (Å²) < 4.78 is 25.4. The van der Waals surface area contributed by atoms with Gasteiger partial charge in [-0.05, 0) is 42.3 Å². The molecule has 2 unspecified atom stereocenters. The summed E-state index contributed by atoms with van der Waals surface area (Å²) in [6.07, 6.45) is 0.199. The van der Waals surface area contributed by atoms with Crippen LogP contribution in [0.2, 0.25) is 0 Å². The highest BCUT2D eigenvalue weighted by molar-refractivity contribution is 6.33. The van der Waals surface area contributed by atoms with E-state index in [-0.39, 0.29) is 35.1 Å². The number of carbonyl (C=O) groups excluding carboxylic acids is 1. The van der Waals surface area contributed by atoms with E-state index < -0.39 is 11.6 Å². The third-order valence-electron chi connectivity index (χ3n) is 5.79. The number of carbonyl (C=O) groups is 1. The van der Waals surface area contributed by atoms with E-state index in [9.17, 15) is 14.3 Å². The average molecular weight is 458 g/mol.